The molecule has 0 aromatic heterocycles. The zero-order chi connectivity index (χ0) is 13.1. The molecule has 0 radical (unpaired) electrons. The first-order chi connectivity index (χ1) is 7.77. The average molecular weight is 299 g/mol. The molecule has 0 atom stereocenters. The summed E-state index contributed by atoms with van der Waals surface area (Å²) in [4.78, 5) is 0. The minimum Gasteiger partial charge on any atom is -0.330 e. The fourth-order valence-electron chi connectivity index (χ4n) is 2.02. The van der Waals surface area contributed by atoms with Crippen molar-refractivity contribution in [2.75, 3.05) is 25.9 Å². The molecule has 2 N–H and O–H groups in total. The molecule has 0 amide bonds. The Morgan fingerprint density at radius 2 is 1.89 bits per heavy atom. The molecule has 1 aliphatic carbocycles. The SMILES string of the molecule is CN(CC(C)(C)CN)S(=O)(=O)CCC1CCC1.Cl. The zero-order valence-electron chi connectivity index (χ0n) is 11.7. The van der Waals surface area contributed by atoms with Crippen LogP contribution in [-0.4, -0.2) is 38.6 Å². The molecule has 0 saturated heterocycles. The summed E-state index contributed by atoms with van der Waals surface area (Å²) in [5.74, 6) is 0.926. The fraction of sp³-hybridized carbons (Fsp3) is 1.00. The third kappa shape index (κ3) is 5.43. The van der Waals surface area contributed by atoms with Crippen LogP contribution in [0.5, 0.6) is 0 Å². The van der Waals surface area contributed by atoms with E-state index in [0.29, 0.717) is 19.0 Å². The molecule has 0 aromatic carbocycles. The van der Waals surface area contributed by atoms with E-state index in [2.05, 4.69) is 0 Å². The summed E-state index contributed by atoms with van der Waals surface area (Å²) >= 11 is 0. The van der Waals surface area contributed by atoms with Crippen molar-refractivity contribution in [1.29, 1.82) is 0 Å². The first-order valence-corrected chi connectivity index (χ1v) is 8.02. The van der Waals surface area contributed by atoms with E-state index >= 15 is 0 Å². The van der Waals surface area contributed by atoms with Gasteiger partial charge in [-0.05, 0) is 24.3 Å². The predicted molar refractivity (Wildman–Crippen MR) is 78.5 cm³/mol. The molecule has 1 aliphatic rings. The highest BCUT2D eigenvalue weighted by Gasteiger charge is 2.27. The second kappa shape index (κ2) is 7.08. The fourth-order valence-corrected chi connectivity index (χ4v) is 3.51. The van der Waals surface area contributed by atoms with Gasteiger partial charge in [0.15, 0.2) is 0 Å². The van der Waals surface area contributed by atoms with Gasteiger partial charge in [0, 0.05) is 13.6 Å². The molecule has 1 saturated carbocycles. The first-order valence-electron chi connectivity index (χ1n) is 6.41. The summed E-state index contributed by atoms with van der Waals surface area (Å²) in [5, 5.41) is 0. The molecule has 110 valence electrons. The third-order valence-corrected chi connectivity index (χ3v) is 5.52. The van der Waals surface area contributed by atoms with Gasteiger partial charge >= 0.3 is 0 Å². The van der Waals surface area contributed by atoms with Crippen molar-refractivity contribution in [3.05, 3.63) is 0 Å². The van der Waals surface area contributed by atoms with E-state index in [-0.39, 0.29) is 23.6 Å². The number of hydrogen-bond donors (Lipinski definition) is 1. The van der Waals surface area contributed by atoms with Crippen LogP contribution in [0.4, 0.5) is 0 Å². The molecule has 0 unspecified atom stereocenters. The summed E-state index contributed by atoms with van der Waals surface area (Å²) in [6.45, 7) is 4.97. The Labute approximate surface area is 118 Å². The van der Waals surface area contributed by atoms with Gasteiger partial charge in [0.05, 0.1) is 5.75 Å². The van der Waals surface area contributed by atoms with Crippen LogP contribution in [0.25, 0.3) is 0 Å². The van der Waals surface area contributed by atoms with Crippen molar-refractivity contribution >= 4 is 22.4 Å². The van der Waals surface area contributed by atoms with E-state index in [4.69, 9.17) is 5.73 Å². The van der Waals surface area contributed by atoms with E-state index in [0.717, 1.165) is 6.42 Å². The Kier molecular flexibility index (Phi) is 7.14. The van der Waals surface area contributed by atoms with E-state index in [1.807, 2.05) is 13.8 Å². The molecule has 0 aliphatic heterocycles. The van der Waals surface area contributed by atoms with Crippen LogP contribution < -0.4 is 5.73 Å². The summed E-state index contributed by atoms with van der Waals surface area (Å²) in [6.07, 6.45) is 4.48. The summed E-state index contributed by atoms with van der Waals surface area (Å²) < 4.78 is 25.6. The molecule has 0 aromatic rings. The second-order valence-corrected chi connectivity index (χ2v) is 8.22. The quantitative estimate of drug-likeness (QED) is 0.780. The lowest BCUT2D eigenvalue weighted by Gasteiger charge is -2.30. The second-order valence-electron chi connectivity index (χ2n) is 6.03. The molecule has 0 spiro atoms. The highest BCUT2D eigenvalue weighted by molar-refractivity contribution is 7.89. The van der Waals surface area contributed by atoms with Crippen molar-refractivity contribution in [2.24, 2.45) is 17.1 Å². The van der Waals surface area contributed by atoms with E-state index < -0.39 is 10.0 Å². The van der Waals surface area contributed by atoms with Crippen LogP contribution in [0.2, 0.25) is 0 Å². The van der Waals surface area contributed by atoms with Crippen molar-refractivity contribution in [3.8, 4) is 0 Å². The topological polar surface area (TPSA) is 63.4 Å². The maximum atomic E-state index is 12.1. The maximum Gasteiger partial charge on any atom is 0.213 e. The van der Waals surface area contributed by atoms with Crippen LogP contribution in [-0.2, 0) is 10.0 Å². The Hall–Kier alpha value is 0.160. The maximum absolute atomic E-state index is 12.1. The Balaban J connectivity index is 0.00000289. The van der Waals surface area contributed by atoms with Gasteiger partial charge in [-0.1, -0.05) is 33.1 Å². The number of nitrogens with two attached hydrogens (primary N) is 1. The van der Waals surface area contributed by atoms with Crippen molar-refractivity contribution in [1.82, 2.24) is 4.31 Å². The lowest BCUT2D eigenvalue weighted by molar-refractivity contribution is 0.285. The van der Waals surface area contributed by atoms with Crippen LogP contribution in [0, 0.1) is 11.3 Å². The average Bonchev–Trinajstić information content (AvgIpc) is 2.14. The van der Waals surface area contributed by atoms with Crippen LogP contribution in [0.15, 0.2) is 0 Å². The van der Waals surface area contributed by atoms with Crippen LogP contribution >= 0.6 is 12.4 Å². The molecule has 0 heterocycles. The number of hydrogen-bond acceptors (Lipinski definition) is 3. The van der Waals surface area contributed by atoms with Gasteiger partial charge in [0.1, 0.15) is 0 Å². The lowest BCUT2D eigenvalue weighted by atomic mass is 9.84. The van der Waals surface area contributed by atoms with Crippen molar-refractivity contribution in [2.45, 2.75) is 39.5 Å². The lowest BCUT2D eigenvalue weighted by Crippen LogP contribution is -2.41. The third-order valence-electron chi connectivity index (χ3n) is 3.69. The summed E-state index contributed by atoms with van der Waals surface area (Å²) in [7, 11) is -1.44. The van der Waals surface area contributed by atoms with E-state index in [1.54, 1.807) is 7.05 Å². The smallest absolute Gasteiger partial charge is 0.213 e. The number of rotatable bonds is 7. The Morgan fingerprint density at radius 3 is 2.28 bits per heavy atom. The van der Waals surface area contributed by atoms with Gasteiger partial charge in [-0.3, -0.25) is 0 Å². The van der Waals surface area contributed by atoms with Gasteiger partial charge in [-0.25, -0.2) is 12.7 Å². The van der Waals surface area contributed by atoms with Gasteiger partial charge in [-0.15, -0.1) is 12.4 Å². The van der Waals surface area contributed by atoms with Crippen LogP contribution in [0.1, 0.15) is 39.5 Å². The molecular formula is C12H27ClN2O2S. The standard InChI is InChI=1S/C12H26N2O2S.ClH/c1-12(2,9-13)10-14(3)17(15,16)8-7-11-5-4-6-11;/h11H,4-10,13H2,1-3H3;1H. The first kappa shape index (κ1) is 18.2. The Bertz CT molecular complexity index is 340. The Morgan fingerprint density at radius 1 is 1.33 bits per heavy atom. The number of halogens is 1. The highest BCUT2D eigenvalue weighted by atomic mass is 35.5. The predicted octanol–water partition coefficient (Wildman–Crippen LogP) is 1.84. The molecular weight excluding hydrogens is 272 g/mol. The molecule has 1 rings (SSSR count). The van der Waals surface area contributed by atoms with Gasteiger partial charge in [0.25, 0.3) is 0 Å². The molecule has 18 heavy (non-hydrogen) atoms. The molecule has 1 fully saturated rings. The van der Waals surface area contributed by atoms with E-state index in [1.165, 1.54) is 23.6 Å². The summed E-state index contributed by atoms with van der Waals surface area (Å²) in [6, 6.07) is 0. The van der Waals surface area contributed by atoms with Gasteiger partial charge < -0.3 is 5.73 Å². The van der Waals surface area contributed by atoms with Crippen LogP contribution in [0.3, 0.4) is 0 Å². The number of nitrogens with zero attached hydrogens (tertiary/aromatic N) is 1. The van der Waals surface area contributed by atoms with Crippen molar-refractivity contribution < 1.29 is 8.42 Å². The van der Waals surface area contributed by atoms with Crippen molar-refractivity contribution in [3.63, 3.8) is 0 Å². The van der Waals surface area contributed by atoms with E-state index in [9.17, 15) is 8.42 Å². The molecule has 4 nitrogen and oxygen atoms in total. The summed E-state index contributed by atoms with van der Waals surface area (Å²) in [5.41, 5.74) is 5.47. The monoisotopic (exact) mass is 298 g/mol. The highest BCUT2D eigenvalue weighted by Crippen LogP contribution is 2.30. The van der Waals surface area contributed by atoms with Gasteiger partial charge in [-0.2, -0.15) is 0 Å². The molecule has 0 bridgehead atoms. The molecule has 6 heteroatoms. The largest absolute Gasteiger partial charge is 0.330 e. The minimum atomic E-state index is -3.10. The van der Waals surface area contributed by atoms with Gasteiger partial charge in [0.2, 0.25) is 10.0 Å². The normalized spacial score (nSPS) is 17.4. The zero-order valence-corrected chi connectivity index (χ0v) is 13.3. The minimum absolute atomic E-state index is 0. The number of sulfonamides is 1.